The van der Waals surface area contributed by atoms with Crippen LogP contribution in [-0.4, -0.2) is 47.0 Å². The van der Waals surface area contributed by atoms with E-state index in [2.05, 4.69) is 20.8 Å². The van der Waals surface area contributed by atoms with Gasteiger partial charge in [0.15, 0.2) is 4.34 Å². The van der Waals surface area contributed by atoms with Crippen LogP contribution in [0.2, 0.25) is 0 Å². The van der Waals surface area contributed by atoms with Crippen molar-refractivity contribution >= 4 is 40.0 Å². The molecule has 1 saturated heterocycles. The Morgan fingerprint density at radius 3 is 3.00 bits per heavy atom. The zero-order valence-electron chi connectivity index (χ0n) is 11.8. The van der Waals surface area contributed by atoms with Crippen molar-refractivity contribution in [2.45, 2.75) is 36.6 Å². The third kappa shape index (κ3) is 5.60. The molecule has 21 heavy (non-hydrogen) atoms. The number of hydrogen-bond donors (Lipinski definition) is 2. The van der Waals surface area contributed by atoms with Gasteiger partial charge in [-0.3, -0.25) is 9.59 Å². The smallest absolute Gasteiger partial charge is 0.230 e. The zero-order chi connectivity index (χ0) is 15.1. The van der Waals surface area contributed by atoms with Gasteiger partial charge in [0.1, 0.15) is 0 Å². The highest BCUT2D eigenvalue weighted by atomic mass is 32.2. The van der Waals surface area contributed by atoms with Crippen molar-refractivity contribution in [3.63, 3.8) is 0 Å². The van der Waals surface area contributed by atoms with Crippen LogP contribution in [-0.2, 0) is 14.3 Å². The van der Waals surface area contributed by atoms with Gasteiger partial charge in [0.05, 0.1) is 11.9 Å². The first-order valence-electron chi connectivity index (χ1n) is 6.82. The number of carbonyl (C=O) groups is 2. The second kappa shape index (κ2) is 8.30. The van der Waals surface area contributed by atoms with E-state index in [4.69, 9.17) is 4.74 Å². The summed E-state index contributed by atoms with van der Waals surface area (Å²) in [5, 5.41) is 13.7. The molecule has 1 aliphatic rings. The Morgan fingerprint density at radius 1 is 1.43 bits per heavy atom. The van der Waals surface area contributed by atoms with Gasteiger partial charge in [0.25, 0.3) is 0 Å². The molecular formula is C12H18N4O3S2. The summed E-state index contributed by atoms with van der Waals surface area (Å²) in [4.78, 5) is 22.9. The van der Waals surface area contributed by atoms with E-state index >= 15 is 0 Å². The Bertz CT molecular complexity index is 489. The third-order valence-electron chi connectivity index (χ3n) is 2.85. The van der Waals surface area contributed by atoms with Gasteiger partial charge in [0, 0.05) is 19.6 Å². The van der Waals surface area contributed by atoms with E-state index < -0.39 is 0 Å². The van der Waals surface area contributed by atoms with Crippen LogP contribution in [0.4, 0.5) is 5.13 Å². The van der Waals surface area contributed by atoms with E-state index in [-0.39, 0.29) is 23.7 Å². The van der Waals surface area contributed by atoms with Crippen LogP contribution in [0, 0.1) is 0 Å². The van der Waals surface area contributed by atoms with Crippen molar-refractivity contribution in [1.29, 1.82) is 0 Å². The first-order valence-corrected chi connectivity index (χ1v) is 8.62. The molecule has 2 rings (SSSR count). The maximum absolute atomic E-state index is 11.7. The van der Waals surface area contributed by atoms with Crippen molar-refractivity contribution in [3.05, 3.63) is 0 Å². The predicted molar refractivity (Wildman–Crippen MR) is 81.5 cm³/mol. The molecule has 0 spiro atoms. The molecule has 9 heteroatoms. The van der Waals surface area contributed by atoms with E-state index in [1.54, 1.807) is 6.92 Å². The Hall–Kier alpha value is -1.19. The molecule has 0 saturated carbocycles. The van der Waals surface area contributed by atoms with Crippen LogP contribution in [0.3, 0.4) is 0 Å². The van der Waals surface area contributed by atoms with Crippen molar-refractivity contribution < 1.29 is 14.3 Å². The van der Waals surface area contributed by atoms with E-state index in [0.29, 0.717) is 22.4 Å². The van der Waals surface area contributed by atoms with Crippen molar-refractivity contribution in [2.24, 2.45) is 0 Å². The van der Waals surface area contributed by atoms with Crippen LogP contribution in [0.1, 0.15) is 26.2 Å². The highest BCUT2D eigenvalue weighted by molar-refractivity contribution is 8.01. The van der Waals surface area contributed by atoms with Crippen LogP contribution >= 0.6 is 23.1 Å². The number of carbonyl (C=O) groups excluding carboxylic acids is 2. The highest BCUT2D eigenvalue weighted by Gasteiger charge is 2.16. The number of anilines is 1. The summed E-state index contributed by atoms with van der Waals surface area (Å²) in [5.74, 6) is 0.130. The lowest BCUT2D eigenvalue weighted by molar-refractivity contribution is -0.119. The minimum atomic E-state index is -0.1000. The predicted octanol–water partition coefficient (Wildman–Crippen LogP) is 1.27. The number of aromatic nitrogens is 2. The lowest BCUT2D eigenvalue weighted by Gasteiger charge is -2.09. The molecule has 116 valence electrons. The summed E-state index contributed by atoms with van der Waals surface area (Å²) in [6, 6.07) is 0. The van der Waals surface area contributed by atoms with Crippen LogP contribution < -0.4 is 10.6 Å². The lowest BCUT2D eigenvalue weighted by atomic mass is 10.2. The van der Waals surface area contributed by atoms with Gasteiger partial charge < -0.3 is 15.4 Å². The molecule has 2 N–H and O–H groups in total. The van der Waals surface area contributed by atoms with Crippen LogP contribution in [0.25, 0.3) is 0 Å². The molecule has 0 aromatic carbocycles. The number of nitrogens with one attached hydrogen (secondary N) is 2. The molecule has 7 nitrogen and oxygen atoms in total. The number of amides is 2. The summed E-state index contributed by atoms with van der Waals surface area (Å²) in [6.07, 6.45) is 2.61. The molecule has 0 unspecified atom stereocenters. The highest BCUT2D eigenvalue weighted by Crippen LogP contribution is 2.25. The largest absolute Gasteiger partial charge is 0.376 e. The summed E-state index contributed by atoms with van der Waals surface area (Å²) in [5.41, 5.74) is 0. The first-order chi connectivity index (χ1) is 10.2. The molecule has 0 radical (unpaired) electrons. The Kier molecular flexibility index (Phi) is 6.40. The Labute approximate surface area is 131 Å². The van der Waals surface area contributed by atoms with Gasteiger partial charge in [-0.1, -0.05) is 30.0 Å². The number of ether oxygens (including phenoxy) is 1. The second-order valence-corrected chi connectivity index (χ2v) is 6.70. The molecule has 1 aromatic rings. The molecule has 1 aromatic heterocycles. The zero-order valence-corrected chi connectivity index (χ0v) is 13.4. The quantitative estimate of drug-likeness (QED) is 0.578. The molecule has 2 heterocycles. The first kappa shape index (κ1) is 16.2. The molecule has 1 atom stereocenters. The standard InChI is InChI=1S/C12H18N4O3S2/c1-2-9(17)14-11-15-16-12(21-11)20-7-10(18)13-6-8-4-3-5-19-8/h8H,2-7H2,1H3,(H,13,18)(H,14,15,17)/t8-/m0/s1. The monoisotopic (exact) mass is 330 g/mol. The second-order valence-electron chi connectivity index (χ2n) is 4.50. The molecule has 2 amide bonds. The Morgan fingerprint density at radius 2 is 2.29 bits per heavy atom. The number of rotatable bonds is 7. The lowest BCUT2D eigenvalue weighted by Crippen LogP contribution is -2.32. The average molecular weight is 330 g/mol. The van der Waals surface area contributed by atoms with Crippen LogP contribution in [0.15, 0.2) is 4.34 Å². The van der Waals surface area contributed by atoms with Gasteiger partial charge in [-0.2, -0.15) is 0 Å². The Balaban J connectivity index is 1.67. The van der Waals surface area contributed by atoms with E-state index in [1.165, 1.54) is 23.1 Å². The van der Waals surface area contributed by atoms with Gasteiger partial charge in [-0.05, 0) is 12.8 Å². The fourth-order valence-corrected chi connectivity index (χ4v) is 3.34. The number of nitrogens with zero attached hydrogens (tertiary/aromatic N) is 2. The summed E-state index contributed by atoms with van der Waals surface area (Å²) in [7, 11) is 0. The molecule has 0 aliphatic carbocycles. The van der Waals surface area contributed by atoms with E-state index in [1.807, 2.05) is 0 Å². The maximum Gasteiger partial charge on any atom is 0.230 e. The van der Waals surface area contributed by atoms with Gasteiger partial charge >= 0.3 is 0 Å². The molecule has 1 aliphatic heterocycles. The summed E-state index contributed by atoms with van der Waals surface area (Å²) >= 11 is 2.57. The van der Waals surface area contributed by atoms with Gasteiger partial charge in [0.2, 0.25) is 16.9 Å². The fourth-order valence-electron chi connectivity index (χ4n) is 1.74. The molecule has 0 bridgehead atoms. The SMILES string of the molecule is CCC(=O)Nc1nnc(SCC(=O)NC[C@@H]2CCCO2)s1. The topological polar surface area (TPSA) is 93.2 Å². The summed E-state index contributed by atoms with van der Waals surface area (Å²) < 4.78 is 6.10. The fraction of sp³-hybridized carbons (Fsp3) is 0.667. The van der Waals surface area contributed by atoms with Crippen molar-refractivity contribution in [1.82, 2.24) is 15.5 Å². The van der Waals surface area contributed by atoms with E-state index in [0.717, 1.165) is 19.4 Å². The minimum Gasteiger partial charge on any atom is -0.376 e. The molecular weight excluding hydrogens is 312 g/mol. The number of hydrogen-bond acceptors (Lipinski definition) is 7. The van der Waals surface area contributed by atoms with Gasteiger partial charge in [-0.15, -0.1) is 10.2 Å². The van der Waals surface area contributed by atoms with Gasteiger partial charge in [-0.25, -0.2) is 0 Å². The van der Waals surface area contributed by atoms with E-state index in [9.17, 15) is 9.59 Å². The van der Waals surface area contributed by atoms with Crippen LogP contribution in [0.5, 0.6) is 0 Å². The molecule has 1 fully saturated rings. The average Bonchev–Trinajstić information content (AvgIpc) is 3.14. The minimum absolute atomic E-state index is 0.0511. The summed E-state index contributed by atoms with van der Waals surface area (Å²) in [6.45, 7) is 3.12. The number of thioether (sulfide) groups is 1. The van der Waals surface area contributed by atoms with Crippen molar-refractivity contribution in [3.8, 4) is 0 Å². The van der Waals surface area contributed by atoms with Crippen molar-refractivity contribution in [2.75, 3.05) is 24.2 Å². The maximum atomic E-state index is 11.7. The normalized spacial score (nSPS) is 17.7. The third-order valence-corrected chi connectivity index (χ3v) is 4.82.